The number of carboxylic acids is 1. The molecule has 1 aromatic carbocycles. The first-order valence-corrected chi connectivity index (χ1v) is 8.35. The maximum atomic E-state index is 13.1. The lowest BCUT2D eigenvalue weighted by atomic mass is 9.76. The predicted molar refractivity (Wildman–Crippen MR) is 88.9 cm³/mol. The molecule has 1 amide bonds. The zero-order valence-electron chi connectivity index (χ0n) is 14.4. The van der Waals surface area contributed by atoms with E-state index in [4.69, 9.17) is 9.47 Å². The van der Waals surface area contributed by atoms with Gasteiger partial charge < -0.3 is 19.5 Å². The molecule has 1 fully saturated rings. The van der Waals surface area contributed by atoms with Crippen molar-refractivity contribution in [3.05, 3.63) is 30.1 Å². The van der Waals surface area contributed by atoms with Crippen LogP contribution in [0.3, 0.4) is 0 Å². The van der Waals surface area contributed by atoms with Crippen molar-refractivity contribution in [2.24, 2.45) is 5.41 Å². The number of halogens is 1. The number of piperidine rings is 1. The Balaban J connectivity index is 1.95. The quantitative estimate of drug-likeness (QED) is 0.726. The summed E-state index contributed by atoms with van der Waals surface area (Å²) < 4.78 is 23.5. The number of rotatable bonds is 8. The molecule has 2 rings (SSSR count). The minimum absolute atomic E-state index is 0.164. The van der Waals surface area contributed by atoms with E-state index in [1.165, 1.54) is 23.1 Å². The number of likely N-dealkylation sites (tertiary alicyclic amines) is 1. The van der Waals surface area contributed by atoms with E-state index >= 15 is 0 Å². The van der Waals surface area contributed by atoms with Gasteiger partial charge in [-0.2, -0.15) is 0 Å². The van der Waals surface area contributed by atoms with Gasteiger partial charge in [-0.05, 0) is 37.8 Å². The van der Waals surface area contributed by atoms with Crippen LogP contribution in [0.2, 0.25) is 0 Å². The van der Waals surface area contributed by atoms with E-state index in [0.29, 0.717) is 38.8 Å². The van der Waals surface area contributed by atoms with Gasteiger partial charge in [-0.15, -0.1) is 0 Å². The van der Waals surface area contributed by atoms with Gasteiger partial charge in [-0.1, -0.05) is 6.07 Å². The number of methoxy groups -OCH3 is 1. The van der Waals surface area contributed by atoms with Crippen molar-refractivity contribution in [2.45, 2.75) is 25.7 Å². The van der Waals surface area contributed by atoms with Gasteiger partial charge in [-0.25, -0.2) is 4.39 Å². The highest BCUT2D eigenvalue weighted by Crippen LogP contribution is 2.35. The average Bonchev–Trinajstić information content (AvgIpc) is 2.60. The molecule has 0 spiro atoms. The second-order valence-corrected chi connectivity index (χ2v) is 6.35. The van der Waals surface area contributed by atoms with Crippen LogP contribution >= 0.6 is 0 Å². The number of carbonyl (C=O) groups excluding carboxylic acids is 1. The van der Waals surface area contributed by atoms with Gasteiger partial charge in [0.15, 0.2) is 6.61 Å². The molecule has 1 N–H and O–H groups in total. The molecule has 1 aliphatic rings. The Bertz CT molecular complexity index is 609. The van der Waals surface area contributed by atoms with E-state index in [9.17, 15) is 19.1 Å². The van der Waals surface area contributed by atoms with E-state index in [0.717, 1.165) is 0 Å². The first-order valence-electron chi connectivity index (χ1n) is 8.35. The van der Waals surface area contributed by atoms with E-state index < -0.39 is 17.2 Å². The van der Waals surface area contributed by atoms with Crippen molar-refractivity contribution in [2.75, 3.05) is 33.4 Å². The number of hydrogen-bond acceptors (Lipinski definition) is 4. The molecular formula is C18H24FNO5. The molecule has 0 radical (unpaired) electrons. The van der Waals surface area contributed by atoms with E-state index in [2.05, 4.69) is 0 Å². The smallest absolute Gasteiger partial charge is 0.311 e. The Morgan fingerprint density at radius 3 is 2.88 bits per heavy atom. The van der Waals surface area contributed by atoms with Crippen LogP contribution in [0.5, 0.6) is 5.75 Å². The fourth-order valence-electron chi connectivity index (χ4n) is 3.18. The van der Waals surface area contributed by atoms with Gasteiger partial charge >= 0.3 is 5.97 Å². The number of benzene rings is 1. The summed E-state index contributed by atoms with van der Waals surface area (Å²) in [5.74, 6) is -1.34. The van der Waals surface area contributed by atoms with Crippen LogP contribution in [-0.4, -0.2) is 55.3 Å². The normalized spacial score (nSPS) is 20.3. The summed E-state index contributed by atoms with van der Waals surface area (Å²) in [6, 6.07) is 5.57. The molecule has 0 bridgehead atoms. The van der Waals surface area contributed by atoms with Gasteiger partial charge in [0, 0.05) is 32.9 Å². The van der Waals surface area contributed by atoms with Crippen molar-refractivity contribution in [3.63, 3.8) is 0 Å². The van der Waals surface area contributed by atoms with Crippen molar-refractivity contribution in [3.8, 4) is 5.75 Å². The maximum Gasteiger partial charge on any atom is 0.311 e. The monoisotopic (exact) mass is 353 g/mol. The van der Waals surface area contributed by atoms with Crippen molar-refractivity contribution >= 4 is 11.9 Å². The Morgan fingerprint density at radius 1 is 1.40 bits per heavy atom. The number of aliphatic carboxylic acids is 1. The molecule has 0 saturated carbocycles. The SMILES string of the molecule is COCCCC1(C(=O)O)CCCN(C(=O)COc2cccc(F)c2)C1. The van der Waals surface area contributed by atoms with E-state index in [1.54, 1.807) is 13.2 Å². The molecule has 0 aliphatic carbocycles. The molecular weight excluding hydrogens is 329 g/mol. The van der Waals surface area contributed by atoms with Crippen molar-refractivity contribution < 1.29 is 28.6 Å². The number of hydrogen-bond donors (Lipinski definition) is 1. The van der Waals surface area contributed by atoms with Crippen LogP contribution in [0.25, 0.3) is 0 Å². The number of ether oxygens (including phenoxy) is 2. The summed E-state index contributed by atoms with van der Waals surface area (Å²) in [7, 11) is 1.58. The number of nitrogens with zero attached hydrogens (tertiary/aromatic N) is 1. The Hall–Kier alpha value is -2.15. The maximum absolute atomic E-state index is 13.1. The van der Waals surface area contributed by atoms with Crippen LogP contribution in [0, 0.1) is 11.2 Å². The summed E-state index contributed by atoms with van der Waals surface area (Å²) in [6.07, 6.45) is 2.26. The predicted octanol–water partition coefficient (Wildman–Crippen LogP) is 2.32. The Labute approximate surface area is 146 Å². The first kappa shape index (κ1) is 19.2. The van der Waals surface area contributed by atoms with Crippen LogP contribution in [-0.2, 0) is 14.3 Å². The summed E-state index contributed by atoms with van der Waals surface area (Å²) in [5, 5.41) is 9.67. The highest BCUT2D eigenvalue weighted by Gasteiger charge is 2.43. The molecule has 0 aromatic heterocycles. The summed E-state index contributed by atoms with van der Waals surface area (Å²) >= 11 is 0. The zero-order valence-corrected chi connectivity index (χ0v) is 14.4. The van der Waals surface area contributed by atoms with Crippen LogP contribution in [0.4, 0.5) is 4.39 Å². The highest BCUT2D eigenvalue weighted by atomic mass is 19.1. The van der Waals surface area contributed by atoms with Gasteiger partial charge in [0.05, 0.1) is 5.41 Å². The zero-order chi connectivity index (χ0) is 18.3. The standard InChI is InChI=1S/C18H24FNO5/c1-24-10-4-8-18(17(22)23)7-3-9-20(13-18)16(21)12-25-15-6-2-5-14(19)11-15/h2,5-6,11H,3-4,7-10,12-13H2,1H3,(H,22,23). The van der Waals surface area contributed by atoms with Crippen molar-refractivity contribution in [1.29, 1.82) is 0 Å². The number of amides is 1. The first-order chi connectivity index (χ1) is 12.0. The lowest BCUT2D eigenvalue weighted by molar-refractivity contribution is -0.156. The summed E-state index contributed by atoms with van der Waals surface area (Å²) in [6.45, 7) is 0.922. The molecule has 25 heavy (non-hydrogen) atoms. The fourth-order valence-corrected chi connectivity index (χ4v) is 3.18. The summed E-state index contributed by atoms with van der Waals surface area (Å²) in [4.78, 5) is 25.7. The second-order valence-electron chi connectivity index (χ2n) is 6.35. The Kier molecular flexibility index (Phi) is 6.75. The highest BCUT2D eigenvalue weighted by molar-refractivity contribution is 5.80. The van der Waals surface area contributed by atoms with Crippen LogP contribution < -0.4 is 4.74 Å². The molecule has 1 atom stereocenters. The number of carboxylic acid groups (broad SMARTS) is 1. The molecule has 1 aliphatic heterocycles. The van der Waals surface area contributed by atoms with E-state index in [1.807, 2.05) is 0 Å². The van der Waals surface area contributed by atoms with E-state index in [-0.39, 0.29) is 24.8 Å². The minimum atomic E-state index is -0.939. The van der Waals surface area contributed by atoms with Gasteiger partial charge in [0.25, 0.3) is 5.91 Å². The second kappa shape index (κ2) is 8.80. The lowest BCUT2D eigenvalue weighted by Gasteiger charge is -2.40. The molecule has 138 valence electrons. The fraction of sp³-hybridized carbons (Fsp3) is 0.556. The number of carbonyl (C=O) groups is 2. The molecule has 7 heteroatoms. The topological polar surface area (TPSA) is 76.1 Å². The molecule has 1 aromatic rings. The Morgan fingerprint density at radius 2 is 2.20 bits per heavy atom. The molecule has 1 saturated heterocycles. The molecule has 1 heterocycles. The third-order valence-electron chi connectivity index (χ3n) is 4.55. The van der Waals surface area contributed by atoms with Crippen LogP contribution in [0.15, 0.2) is 24.3 Å². The molecule has 1 unspecified atom stereocenters. The minimum Gasteiger partial charge on any atom is -0.484 e. The largest absolute Gasteiger partial charge is 0.484 e. The van der Waals surface area contributed by atoms with Gasteiger partial charge in [0.2, 0.25) is 0 Å². The third kappa shape index (κ3) is 5.16. The third-order valence-corrected chi connectivity index (χ3v) is 4.55. The van der Waals surface area contributed by atoms with Crippen LogP contribution in [0.1, 0.15) is 25.7 Å². The van der Waals surface area contributed by atoms with Crippen molar-refractivity contribution in [1.82, 2.24) is 4.90 Å². The van der Waals surface area contributed by atoms with Gasteiger partial charge in [0.1, 0.15) is 11.6 Å². The van der Waals surface area contributed by atoms with Gasteiger partial charge in [-0.3, -0.25) is 9.59 Å². The lowest BCUT2D eigenvalue weighted by Crippen LogP contribution is -2.51. The average molecular weight is 353 g/mol. The summed E-state index contributed by atoms with van der Waals surface area (Å²) in [5.41, 5.74) is -0.939. The molecule has 6 nitrogen and oxygen atoms in total.